The Kier molecular flexibility index (Phi) is 2.49. The summed E-state index contributed by atoms with van der Waals surface area (Å²) in [5.41, 5.74) is 0.852. The van der Waals surface area contributed by atoms with Crippen molar-refractivity contribution < 1.29 is 4.39 Å². The van der Waals surface area contributed by atoms with Crippen LogP contribution in [0.1, 0.15) is 0 Å². The zero-order chi connectivity index (χ0) is 8.43. The Hall–Kier alpha value is -0.570. The lowest BCUT2D eigenvalue weighted by molar-refractivity contribution is 0.627. The van der Waals surface area contributed by atoms with E-state index in [1.807, 2.05) is 19.0 Å². The van der Waals surface area contributed by atoms with Gasteiger partial charge in [-0.1, -0.05) is 0 Å². The second kappa shape index (κ2) is 3.22. The quantitative estimate of drug-likeness (QED) is 0.700. The van der Waals surface area contributed by atoms with Gasteiger partial charge in [0.1, 0.15) is 5.82 Å². The van der Waals surface area contributed by atoms with E-state index < -0.39 is 0 Å². The minimum atomic E-state index is -0.211. The maximum atomic E-state index is 12.7. The van der Waals surface area contributed by atoms with Gasteiger partial charge in [-0.2, -0.15) is 0 Å². The fourth-order valence-electron chi connectivity index (χ4n) is 0.829. The van der Waals surface area contributed by atoms with Crippen LogP contribution in [0.2, 0.25) is 0 Å². The third-order valence-electron chi connectivity index (χ3n) is 1.39. The van der Waals surface area contributed by atoms with Crippen LogP contribution in [0, 0.1) is 5.82 Å². The Morgan fingerprint density at radius 3 is 2.45 bits per heavy atom. The van der Waals surface area contributed by atoms with Crippen LogP contribution in [0.3, 0.4) is 0 Å². The van der Waals surface area contributed by atoms with E-state index in [-0.39, 0.29) is 5.82 Å². The Bertz CT molecular complexity index is 260. The van der Waals surface area contributed by atoms with Crippen LogP contribution in [0.25, 0.3) is 0 Å². The largest absolute Gasteiger partial charge is 0.377 e. The van der Waals surface area contributed by atoms with Crippen LogP contribution in [-0.4, -0.2) is 14.1 Å². The molecule has 0 heterocycles. The number of hydrogen-bond donors (Lipinski definition) is 0. The summed E-state index contributed by atoms with van der Waals surface area (Å²) in [7, 11) is 3.75. The fraction of sp³-hybridized carbons (Fsp3) is 0.250. The molecule has 0 bridgehead atoms. The molecular formula is C8H9BrFN. The van der Waals surface area contributed by atoms with Crippen molar-refractivity contribution in [3.63, 3.8) is 0 Å². The molecule has 0 N–H and O–H groups in total. The first kappa shape index (κ1) is 8.53. The second-order valence-electron chi connectivity index (χ2n) is 2.49. The zero-order valence-electron chi connectivity index (χ0n) is 6.44. The van der Waals surface area contributed by atoms with Crippen molar-refractivity contribution >= 4 is 21.6 Å². The summed E-state index contributed by atoms with van der Waals surface area (Å²) in [6, 6.07) is 4.62. The van der Waals surface area contributed by atoms with Gasteiger partial charge >= 0.3 is 0 Å². The van der Waals surface area contributed by atoms with Crippen LogP contribution in [0.4, 0.5) is 10.1 Å². The minimum absolute atomic E-state index is 0.211. The molecule has 11 heavy (non-hydrogen) atoms. The van der Waals surface area contributed by atoms with E-state index in [0.29, 0.717) is 0 Å². The molecule has 1 aromatic rings. The van der Waals surface area contributed by atoms with E-state index in [4.69, 9.17) is 0 Å². The van der Waals surface area contributed by atoms with Crippen LogP contribution in [-0.2, 0) is 0 Å². The normalized spacial score (nSPS) is 9.82. The number of nitrogens with zero attached hydrogens (tertiary/aromatic N) is 1. The third kappa shape index (κ3) is 1.93. The molecule has 0 atom stereocenters. The first-order valence-electron chi connectivity index (χ1n) is 3.23. The predicted octanol–water partition coefficient (Wildman–Crippen LogP) is 2.65. The topological polar surface area (TPSA) is 3.24 Å². The number of halogens is 2. The van der Waals surface area contributed by atoms with Crippen molar-refractivity contribution in [2.45, 2.75) is 0 Å². The highest BCUT2D eigenvalue weighted by molar-refractivity contribution is 9.10. The number of anilines is 1. The lowest BCUT2D eigenvalue weighted by Gasteiger charge is -2.13. The molecule has 60 valence electrons. The van der Waals surface area contributed by atoms with E-state index in [1.165, 1.54) is 12.1 Å². The van der Waals surface area contributed by atoms with Crippen molar-refractivity contribution in [2.24, 2.45) is 0 Å². The molecule has 0 aliphatic carbocycles. The highest BCUT2D eigenvalue weighted by Crippen LogP contribution is 2.24. The lowest BCUT2D eigenvalue weighted by Crippen LogP contribution is -2.09. The molecule has 0 aliphatic rings. The molecule has 1 nitrogen and oxygen atoms in total. The number of benzene rings is 1. The van der Waals surface area contributed by atoms with Gasteiger partial charge in [-0.15, -0.1) is 0 Å². The van der Waals surface area contributed by atoms with Crippen molar-refractivity contribution in [2.75, 3.05) is 19.0 Å². The summed E-state index contributed by atoms with van der Waals surface area (Å²) in [5.74, 6) is -0.211. The van der Waals surface area contributed by atoms with Gasteiger partial charge in [0.2, 0.25) is 0 Å². The number of rotatable bonds is 1. The Morgan fingerprint density at radius 1 is 1.36 bits per heavy atom. The molecule has 0 fully saturated rings. The van der Waals surface area contributed by atoms with Crippen molar-refractivity contribution in [3.05, 3.63) is 28.5 Å². The molecule has 0 aliphatic heterocycles. The first-order valence-corrected chi connectivity index (χ1v) is 4.03. The molecule has 0 aromatic heterocycles. The molecule has 0 saturated carbocycles. The molecule has 0 radical (unpaired) electrons. The highest BCUT2D eigenvalue weighted by atomic mass is 79.9. The zero-order valence-corrected chi connectivity index (χ0v) is 8.02. The Balaban J connectivity index is 3.13. The Morgan fingerprint density at radius 2 is 2.00 bits per heavy atom. The molecule has 1 rings (SSSR count). The predicted molar refractivity (Wildman–Crippen MR) is 48.4 cm³/mol. The fourth-order valence-corrected chi connectivity index (χ4v) is 1.43. The summed E-state index contributed by atoms with van der Waals surface area (Å²) < 4.78 is 13.6. The van der Waals surface area contributed by atoms with E-state index in [0.717, 1.165) is 10.2 Å². The highest BCUT2D eigenvalue weighted by Gasteiger charge is 2.01. The smallest absolute Gasteiger partial charge is 0.125 e. The summed E-state index contributed by atoms with van der Waals surface area (Å²) >= 11 is 3.32. The average Bonchev–Trinajstić information content (AvgIpc) is 1.94. The molecular weight excluding hydrogens is 209 g/mol. The van der Waals surface area contributed by atoms with Gasteiger partial charge in [-0.25, -0.2) is 4.39 Å². The third-order valence-corrected chi connectivity index (χ3v) is 2.06. The standard InChI is InChI=1S/C8H9BrFN/c1-11(2)8-5-6(10)3-4-7(8)9/h3-5H,1-2H3. The van der Waals surface area contributed by atoms with Gasteiger partial charge in [0.15, 0.2) is 0 Å². The van der Waals surface area contributed by atoms with Gasteiger partial charge in [-0.3, -0.25) is 0 Å². The maximum Gasteiger partial charge on any atom is 0.125 e. The molecule has 0 saturated heterocycles. The van der Waals surface area contributed by atoms with Crippen LogP contribution < -0.4 is 4.90 Å². The van der Waals surface area contributed by atoms with Crippen LogP contribution in [0.5, 0.6) is 0 Å². The molecule has 3 heteroatoms. The Labute approximate surface area is 74.0 Å². The number of hydrogen-bond acceptors (Lipinski definition) is 1. The van der Waals surface area contributed by atoms with Gasteiger partial charge in [0, 0.05) is 18.6 Å². The van der Waals surface area contributed by atoms with Crippen molar-refractivity contribution in [1.29, 1.82) is 0 Å². The molecule has 0 amide bonds. The summed E-state index contributed by atoms with van der Waals surface area (Å²) in [6.45, 7) is 0. The molecule has 0 spiro atoms. The summed E-state index contributed by atoms with van der Waals surface area (Å²) in [6.07, 6.45) is 0. The molecule has 0 unspecified atom stereocenters. The van der Waals surface area contributed by atoms with Crippen LogP contribution >= 0.6 is 15.9 Å². The van der Waals surface area contributed by atoms with Gasteiger partial charge in [0.05, 0.1) is 5.69 Å². The molecule has 1 aromatic carbocycles. The second-order valence-corrected chi connectivity index (χ2v) is 3.34. The van der Waals surface area contributed by atoms with E-state index >= 15 is 0 Å². The van der Waals surface area contributed by atoms with Crippen molar-refractivity contribution in [3.8, 4) is 0 Å². The SMILES string of the molecule is CN(C)c1cc(F)ccc1Br. The lowest BCUT2D eigenvalue weighted by atomic mass is 10.3. The van der Waals surface area contributed by atoms with E-state index in [9.17, 15) is 4.39 Å². The van der Waals surface area contributed by atoms with E-state index in [2.05, 4.69) is 15.9 Å². The monoisotopic (exact) mass is 217 g/mol. The first-order chi connectivity index (χ1) is 5.11. The maximum absolute atomic E-state index is 12.7. The summed E-state index contributed by atoms with van der Waals surface area (Å²) in [4.78, 5) is 1.85. The van der Waals surface area contributed by atoms with E-state index in [1.54, 1.807) is 6.07 Å². The van der Waals surface area contributed by atoms with Gasteiger partial charge < -0.3 is 4.90 Å². The van der Waals surface area contributed by atoms with Gasteiger partial charge in [-0.05, 0) is 34.1 Å². The summed E-state index contributed by atoms with van der Waals surface area (Å²) in [5, 5.41) is 0. The van der Waals surface area contributed by atoms with Crippen LogP contribution in [0.15, 0.2) is 22.7 Å². The van der Waals surface area contributed by atoms with Gasteiger partial charge in [0.25, 0.3) is 0 Å². The van der Waals surface area contributed by atoms with Crippen molar-refractivity contribution in [1.82, 2.24) is 0 Å². The minimum Gasteiger partial charge on any atom is -0.377 e. The average molecular weight is 218 g/mol.